The van der Waals surface area contributed by atoms with Crippen LogP contribution in [0.15, 0.2) is 12.2 Å². The van der Waals surface area contributed by atoms with Crippen LogP contribution in [-0.4, -0.2) is 17.2 Å². The van der Waals surface area contributed by atoms with Crippen LogP contribution in [0.3, 0.4) is 0 Å². The maximum Gasteiger partial charge on any atom is 0.408 e. The number of allylic oxidation sites excluding steroid dienone is 1. The predicted octanol–water partition coefficient (Wildman–Crippen LogP) is 3.40. The molecule has 1 rings (SSSR count). The number of carbonyl (C=O) groups excluding carboxylic acids is 1. The van der Waals surface area contributed by atoms with E-state index in [0.29, 0.717) is 0 Å². The molecule has 1 fully saturated rings. The van der Waals surface area contributed by atoms with Gasteiger partial charge in [0.05, 0.1) is 0 Å². The highest BCUT2D eigenvalue weighted by molar-refractivity contribution is 5.69. The van der Waals surface area contributed by atoms with Crippen molar-refractivity contribution in [1.82, 2.24) is 5.32 Å². The Hall–Kier alpha value is -0.990. The Balaban J connectivity index is 2.47. The number of hydrogen-bond donors (Lipinski definition) is 1. The molecule has 0 spiro atoms. The van der Waals surface area contributed by atoms with Crippen LogP contribution in [0.2, 0.25) is 0 Å². The molecule has 92 valence electrons. The number of nitrogens with one attached hydrogen (secondary N) is 1. The van der Waals surface area contributed by atoms with Crippen molar-refractivity contribution in [2.24, 2.45) is 0 Å². The van der Waals surface area contributed by atoms with Gasteiger partial charge in [0.15, 0.2) is 0 Å². The Morgan fingerprint density at radius 3 is 2.44 bits per heavy atom. The Bertz CT molecular complexity index is 272. The summed E-state index contributed by atoms with van der Waals surface area (Å²) >= 11 is 0. The Morgan fingerprint density at radius 2 is 2.06 bits per heavy atom. The number of alkyl carbamates (subject to hydrolysis) is 1. The van der Waals surface area contributed by atoms with Gasteiger partial charge in [0, 0.05) is 5.54 Å². The van der Waals surface area contributed by atoms with Crippen molar-refractivity contribution in [2.45, 2.75) is 64.5 Å². The van der Waals surface area contributed by atoms with Gasteiger partial charge < -0.3 is 10.1 Å². The number of hydrogen-bond acceptors (Lipinski definition) is 2. The number of carbonyl (C=O) groups is 1. The summed E-state index contributed by atoms with van der Waals surface area (Å²) in [5.41, 5.74) is -0.468. The van der Waals surface area contributed by atoms with Crippen molar-refractivity contribution in [3.63, 3.8) is 0 Å². The zero-order chi connectivity index (χ0) is 12.2. The Morgan fingerprint density at radius 1 is 1.44 bits per heavy atom. The lowest BCUT2D eigenvalue weighted by atomic mass is 9.74. The van der Waals surface area contributed by atoms with Gasteiger partial charge in [0.2, 0.25) is 0 Å². The van der Waals surface area contributed by atoms with Gasteiger partial charge in [-0.25, -0.2) is 4.79 Å². The summed E-state index contributed by atoms with van der Waals surface area (Å²) in [6.45, 7) is 7.64. The lowest BCUT2D eigenvalue weighted by Gasteiger charge is -2.42. The summed E-state index contributed by atoms with van der Waals surface area (Å²) < 4.78 is 5.27. The molecule has 16 heavy (non-hydrogen) atoms. The quantitative estimate of drug-likeness (QED) is 0.747. The fourth-order valence-electron chi connectivity index (χ4n) is 1.85. The first-order chi connectivity index (χ1) is 7.37. The number of amides is 1. The third-order valence-corrected chi connectivity index (χ3v) is 2.82. The molecule has 0 saturated heterocycles. The van der Waals surface area contributed by atoms with E-state index in [-0.39, 0.29) is 11.6 Å². The lowest BCUT2D eigenvalue weighted by Crippen LogP contribution is -2.54. The largest absolute Gasteiger partial charge is 0.444 e. The summed E-state index contributed by atoms with van der Waals surface area (Å²) in [7, 11) is 0. The first-order valence-electron chi connectivity index (χ1n) is 5.99. The second kappa shape index (κ2) is 4.89. The zero-order valence-electron chi connectivity index (χ0n) is 10.8. The van der Waals surface area contributed by atoms with E-state index in [4.69, 9.17) is 4.74 Å². The first kappa shape index (κ1) is 13.1. The van der Waals surface area contributed by atoms with E-state index in [1.165, 1.54) is 6.42 Å². The van der Waals surface area contributed by atoms with E-state index in [9.17, 15) is 4.79 Å². The molecule has 1 aliphatic rings. The molecule has 0 aromatic heterocycles. The van der Waals surface area contributed by atoms with E-state index in [0.717, 1.165) is 19.3 Å². The minimum atomic E-state index is -0.421. The Labute approximate surface area is 98.2 Å². The van der Waals surface area contributed by atoms with Gasteiger partial charge in [-0.1, -0.05) is 12.2 Å². The first-order valence-corrected chi connectivity index (χ1v) is 5.99. The van der Waals surface area contributed by atoms with E-state index in [1.54, 1.807) is 0 Å². The van der Waals surface area contributed by atoms with Gasteiger partial charge in [-0.3, -0.25) is 0 Å². The van der Waals surface area contributed by atoms with E-state index < -0.39 is 5.60 Å². The minimum Gasteiger partial charge on any atom is -0.444 e. The van der Waals surface area contributed by atoms with Crippen LogP contribution >= 0.6 is 0 Å². The smallest absolute Gasteiger partial charge is 0.408 e. The molecular weight excluding hydrogens is 202 g/mol. The van der Waals surface area contributed by atoms with Gasteiger partial charge in [-0.05, 0) is 53.4 Å². The molecule has 0 aromatic carbocycles. The summed E-state index contributed by atoms with van der Waals surface area (Å²) in [6, 6.07) is 0. The van der Waals surface area contributed by atoms with Crippen LogP contribution < -0.4 is 5.32 Å². The number of rotatable bonds is 3. The standard InChI is InChI=1S/C13H23NO2/c1-5-6-8-13(9-7-10-13)14-11(15)16-12(2,3)4/h5-6H,7-10H2,1-4H3,(H,14,15)/b6-5+. The molecule has 1 N–H and O–H groups in total. The molecule has 0 bridgehead atoms. The van der Waals surface area contributed by atoms with Crippen molar-refractivity contribution in [3.8, 4) is 0 Å². The molecule has 0 aromatic rings. The topological polar surface area (TPSA) is 38.3 Å². The van der Waals surface area contributed by atoms with Gasteiger partial charge in [0.25, 0.3) is 0 Å². The van der Waals surface area contributed by atoms with Crippen LogP contribution in [0.4, 0.5) is 4.79 Å². The van der Waals surface area contributed by atoms with Crippen molar-refractivity contribution in [1.29, 1.82) is 0 Å². The third kappa shape index (κ3) is 3.87. The predicted molar refractivity (Wildman–Crippen MR) is 65.4 cm³/mol. The maximum absolute atomic E-state index is 11.7. The van der Waals surface area contributed by atoms with Crippen LogP contribution in [0.5, 0.6) is 0 Å². The van der Waals surface area contributed by atoms with Crippen molar-refractivity contribution >= 4 is 6.09 Å². The molecule has 0 aliphatic heterocycles. The average Bonchev–Trinajstić information content (AvgIpc) is 2.06. The molecule has 1 saturated carbocycles. The molecular formula is C13H23NO2. The van der Waals surface area contributed by atoms with Gasteiger partial charge in [-0.2, -0.15) is 0 Å². The van der Waals surface area contributed by atoms with Gasteiger partial charge >= 0.3 is 6.09 Å². The molecule has 0 heterocycles. The molecule has 3 nitrogen and oxygen atoms in total. The highest BCUT2D eigenvalue weighted by Gasteiger charge is 2.38. The van der Waals surface area contributed by atoms with Gasteiger partial charge in [-0.15, -0.1) is 0 Å². The van der Waals surface area contributed by atoms with Crippen molar-refractivity contribution in [3.05, 3.63) is 12.2 Å². The minimum absolute atomic E-state index is 0.0468. The summed E-state index contributed by atoms with van der Waals surface area (Å²) in [6.07, 6.45) is 8.04. The molecule has 3 heteroatoms. The number of ether oxygens (including phenoxy) is 1. The fraction of sp³-hybridized carbons (Fsp3) is 0.769. The summed E-state index contributed by atoms with van der Waals surface area (Å²) in [4.78, 5) is 11.7. The highest BCUT2D eigenvalue weighted by atomic mass is 16.6. The maximum atomic E-state index is 11.7. The van der Waals surface area contributed by atoms with Crippen molar-refractivity contribution < 1.29 is 9.53 Å². The summed E-state index contributed by atoms with van der Waals surface area (Å²) in [5, 5.41) is 3.01. The second-order valence-electron chi connectivity index (χ2n) is 5.53. The van der Waals surface area contributed by atoms with E-state index in [2.05, 4.69) is 11.4 Å². The molecule has 0 atom stereocenters. The molecule has 1 aliphatic carbocycles. The lowest BCUT2D eigenvalue weighted by molar-refractivity contribution is 0.0386. The fourth-order valence-corrected chi connectivity index (χ4v) is 1.85. The van der Waals surface area contributed by atoms with Crippen LogP contribution in [0, 0.1) is 0 Å². The van der Waals surface area contributed by atoms with Gasteiger partial charge in [0.1, 0.15) is 5.60 Å². The third-order valence-electron chi connectivity index (χ3n) is 2.82. The van der Waals surface area contributed by atoms with E-state index >= 15 is 0 Å². The molecule has 0 unspecified atom stereocenters. The summed E-state index contributed by atoms with van der Waals surface area (Å²) in [5.74, 6) is 0. The van der Waals surface area contributed by atoms with Crippen molar-refractivity contribution in [2.75, 3.05) is 0 Å². The van der Waals surface area contributed by atoms with Crippen LogP contribution in [-0.2, 0) is 4.74 Å². The van der Waals surface area contributed by atoms with E-state index in [1.807, 2.05) is 33.8 Å². The average molecular weight is 225 g/mol. The molecule has 0 radical (unpaired) electrons. The molecule has 1 amide bonds. The highest BCUT2D eigenvalue weighted by Crippen LogP contribution is 2.35. The van der Waals surface area contributed by atoms with Crippen LogP contribution in [0.1, 0.15) is 53.4 Å². The second-order valence-corrected chi connectivity index (χ2v) is 5.53. The monoisotopic (exact) mass is 225 g/mol. The Kier molecular flexibility index (Phi) is 4.00. The normalized spacial score (nSPS) is 19.2. The van der Waals surface area contributed by atoms with Crippen LogP contribution in [0.25, 0.3) is 0 Å². The zero-order valence-corrected chi connectivity index (χ0v) is 10.8. The SMILES string of the molecule is C/C=C/CC1(NC(=O)OC(C)(C)C)CCC1.